The molecular formula is C15H23F2NO. The standard InChI is InChI=1S/C15H23F2NO/c1-3-18-14(7-8-19-11-15(16)17)10-13-6-4-5-12(2)9-13/h4-6,9,14-15,18H,3,7-8,10-11H2,1-2H3. The van der Waals surface area contributed by atoms with Gasteiger partial charge in [0.1, 0.15) is 6.61 Å². The van der Waals surface area contributed by atoms with Gasteiger partial charge in [-0.1, -0.05) is 36.8 Å². The van der Waals surface area contributed by atoms with E-state index in [9.17, 15) is 8.78 Å². The molecule has 0 aliphatic rings. The first kappa shape index (κ1) is 16.1. The smallest absolute Gasteiger partial charge is 0.261 e. The van der Waals surface area contributed by atoms with Crippen molar-refractivity contribution in [1.82, 2.24) is 5.32 Å². The number of alkyl halides is 2. The lowest BCUT2D eigenvalue weighted by molar-refractivity contribution is 0.0144. The van der Waals surface area contributed by atoms with Crippen molar-refractivity contribution in [2.24, 2.45) is 0 Å². The van der Waals surface area contributed by atoms with E-state index in [0.29, 0.717) is 6.61 Å². The molecule has 0 bridgehead atoms. The SMILES string of the molecule is CCNC(CCOCC(F)F)Cc1cccc(C)c1. The van der Waals surface area contributed by atoms with Crippen LogP contribution in [-0.2, 0) is 11.2 Å². The van der Waals surface area contributed by atoms with E-state index in [1.54, 1.807) is 0 Å². The third-order valence-corrected chi connectivity index (χ3v) is 2.91. The molecule has 19 heavy (non-hydrogen) atoms. The molecule has 0 spiro atoms. The number of halogens is 2. The van der Waals surface area contributed by atoms with E-state index in [1.807, 2.05) is 13.0 Å². The Balaban J connectivity index is 2.39. The van der Waals surface area contributed by atoms with Crippen molar-refractivity contribution in [2.45, 2.75) is 39.2 Å². The monoisotopic (exact) mass is 271 g/mol. The first-order valence-corrected chi connectivity index (χ1v) is 6.76. The molecule has 108 valence electrons. The fourth-order valence-corrected chi connectivity index (χ4v) is 2.09. The van der Waals surface area contributed by atoms with Gasteiger partial charge in [0.15, 0.2) is 0 Å². The maximum atomic E-state index is 12.0. The van der Waals surface area contributed by atoms with E-state index in [1.165, 1.54) is 11.1 Å². The largest absolute Gasteiger partial charge is 0.375 e. The normalized spacial score (nSPS) is 12.9. The number of nitrogens with one attached hydrogen (secondary N) is 1. The number of hydrogen-bond donors (Lipinski definition) is 1. The predicted octanol–water partition coefficient (Wildman–Crippen LogP) is 3.19. The van der Waals surface area contributed by atoms with E-state index in [2.05, 4.69) is 30.4 Å². The van der Waals surface area contributed by atoms with Gasteiger partial charge in [0, 0.05) is 12.6 Å². The molecule has 1 unspecified atom stereocenters. The highest BCUT2D eigenvalue weighted by molar-refractivity contribution is 5.22. The van der Waals surface area contributed by atoms with Crippen LogP contribution in [0.25, 0.3) is 0 Å². The third-order valence-electron chi connectivity index (χ3n) is 2.91. The number of ether oxygens (including phenoxy) is 1. The van der Waals surface area contributed by atoms with Gasteiger partial charge in [0.05, 0.1) is 0 Å². The minimum atomic E-state index is -2.38. The molecule has 0 saturated carbocycles. The summed E-state index contributed by atoms with van der Waals surface area (Å²) in [5.74, 6) is 0. The zero-order chi connectivity index (χ0) is 14.1. The second-order valence-electron chi connectivity index (χ2n) is 4.70. The summed E-state index contributed by atoms with van der Waals surface area (Å²) in [5, 5.41) is 3.37. The van der Waals surface area contributed by atoms with Crippen LogP contribution in [0.5, 0.6) is 0 Å². The fourth-order valence-electron chi connectivity index (χ4n) is 2.09. The van der Waals surface area contributed by atoms with Gasteiger partial charge >= 0.3 is 0 Å². The Bertz CT molecular complexity index is 358. The van der Waals surface area contributed by atoms with Gasteiger partial charge in [-0.05, 0) is 31.9 Å². The molecule has 0 aliphatic heterocycles. The average Bonchev–Trinajstić information content (AvgIpc) is 2.34. The minimum absolute atomic E-state index is 0.268. The van der Waals surface area contributed by atoms with Crippen LogP contribution in [0.4, 0.5) is 8.78 Å². The molecule has 0 amide bonds. The molecule has 0 aliphatic carbocycles. The molecule has 1 rings (SSSR count). The highest BCUT2D eigenvalue weighted by Crippen LogP contribution is 2.09. The van der Waals surface area contributed by atoms with Gasteiger partial charge in [0.2, 0.25) is 0 Å². The Morgan fingerprint density at radius 1 is 1.32 bits per heavy atom. The Labute approximate surface area is 114 Å². The number of likely N-dealkylation sites (N-methyl/N-ethyl adjacent to an activating group) is 1. The molecule has 4 heteroatoms. The van der Waals surface area contributed by atoms with Crippen molar-refractivity contribution in [3.05, 3.63) is 35.4 Å². The summed E-state index contributed by atoms with van der Waals surface area (Å²) < 4.78 is 28.9. The quantitative estimate of drug-likeness (QED) is 0.696. The summed E-state index contributed by atoms with van der Waals surface area (Å²) in [7, 11) is 0. The van der Waals surface area contributed by atoms with E-state index < -0.39 is 13.0 Å². The molecule has 0 saturated heterocycles. The van der Waals surface area contributed by atoms with Crippen molar-refractivity contribution in [3.8, 4) is 0 Å². The van der Waals surface area contributed by atoms with Gasteiger partial charge in [0.25, 0.3) is 6.43 Å². The number of benzene rings is 1. The molecule has 0 heterocycles. The highest BCUT2D eigenvalue weighted by atomic mass is 19.3. The predicted molar refractivity (Wildman–Crippen MR) is 73.8 cm³/mol. The first-order valence-electron chi connectivity index (χ1n) is 6.76. The van der Waals surface area contributed by atoms with Crippen LogP contribution in [0.15, 0.2) is 24.3 Å². The molecule has 2 nitrogen and oxygen atoms in total. The highest BCUT2D eigenvalue weighted by Gasteiger charge is 2.09. The van der Waals surface area contributed by atoms with Crippen LogP contribution in [-0.4, -0.2) is 32.2 Å². The van der Waals surface area contributed by atoms with Crippen molar-refractivity contribution < 1.29 is 13.5 Å². The molecule has 1 aromatic rings. The summed E-state index contributed by atoms with van der Waals surface area (Å²) in [6, 6.07) is 8.63. The van der Waals surface area contributed by atoms with Crippen LogP contribution >= 0.6 is 0 Å². The van der Waals surface area contributed by atoms with Crippen LogP contribution in [0.2, 0.25) is 0 Å². The Hall–Kier alpha value is -1.00. The maximum absolute atomic E-state index is 12.0. The van der Waals surface area contributed by atoms with Gasteiger partial charge in [-0.15, -0.1) is 0 Å². The third kappa shape index (κ3) is 7.23. The first-order chi connectivity index (χ1) is 9.11. The Morgan fingerprint density at radius 3 is 2.74 bits per heavy atom. The van der Waals surface area contributed by atoms with E-state index in [4.69, 9.17) is 4.74 Å². The van der Waals surface area contributed by atoms with E-state index in [-0.39, 0.29) is 6.04 Å². The maximum Gasteiger partial charge on any atom is 0.261 e. The molecular weight excluding hydrogens is 248 g/mol. The number of rotatable bonds is 9. The van der Waals surface area contributed by atoms with Crippen LogP contribution < -0.4 is 5.32 Å². The van der Waals surface area contributed by atoms with Crippen molar-refractivity contribution >= 4 is 0 Å². The van der Waals surface area contributed by atoms with Gasteiger partial charge in [-0.3, -0.25) is 0 Å². The molecule has 0 fully saturated rings. The van der Waals surface area contributed by atoms with Gasteiger partial charge in [-0.25, -0.2) is 8.78 Å². The number of hydrogen-bond acceptors (Lipinski definition) is 2. The molecule has 0 radical (unpaired) electrons. The summed E-state index contributed by atoms with van der Waals surface area (Å²) in [6.45, 7) is 4.88. The molecule has 1 atom stereocenters. The Kier molecular flexibility index (Phi) is 7.60. The second-order valence-corrected chi connectivity index (χ2v) is 4.70. The fraction of sp³-hybridized carbons (Fsp3) is 0.600. The molecule has 1 N–H and O–H groups in total. The van der Waals surface area contributed by atoms with Gasteiger partial charge < -0.3 is 10.1 Å². The Morgan fingerprint density at radius 2 is 2.11 bits per heavy atom. The topological polar surface area (TPSA) is 21.3 Å². The lowest BCUT2D eigenvalue weighted by atomic mass is 10.0. The molecule has 0 aromatic heterocycles. The number of aryl methyl sites for hydroxylation is 1. The van der Waals surface area contributed by atoms with Crippen LogP contribution in [0, 0.1) is 6.92 Å². The van der Waals surface area contributed by atoms with Crippen molar-refractivity contribution in [3.63, 3.8) is 0 Å². The van der Waals surface area contributed by atoms with E-state index >= 15 is 0 Å². The second kappa shape index (κ2) is 8.99. The zero-order valence-corrected chi connectivity index (χ0v) is 11.7. The summed E-state index contributed by atoms with van der Waals surface area (Å²) >= 11 is 0. The van der Waals surface area contributed by atoms with Crippen LogP contribution in [0.1, 0.15) is 24.5 Å². The minimum Gasteiger partial charge on any atom is -0.375 e. The lowest BCUT2D eigenvalue weighted by Crippen LogP contribution is -2.32. The van der Waals surface area contributed by atoms with Crippen molar-refractivity contribution in [2.75, 3.05) is 19.8 Å². The van der Waals surface area contributed by atoms with Crippen LogP contribution in [0.3, 0.4) is 0 Å². The summed E-state index contributed by atoms with van der Waals surface area (Å²) in [4.78, 5) is 0. The van der Waals surface area contributed by atoms with Gasteiger partial charge in [-0.2, -0.15) is 0 Å². The average molecular weight is 271 g/mol. The van der Waals surface area contributed by atoms with Crippen molar-refractivity contribution in [1.29, 1.82) is 0 Å². The summed E-state index contributed by atoms with van der Waals surface area (Å²) in [5.41, 5.74) is 2.50. The van der Waals surface area contributed by atoms with E-state index in [0.717, 1.165) is 19.4 Å². The summed E-state index contributed by atoms with van der Waals surface area (Å²) in [6.07, 6.45) is -0.739. The molecule has 1 aromatic carbocycles. The lowest BCUT2D eigenvalue weighted by Gasteiger charge is -2.18. The zero-order valence-electron chi connectivity index (χ0n) is 11.7.